The molecule has 0 radical (unpaired) electrons. The van der Waals surface area contributed by atoms with Crippen molar-refractivity contribution in [2.24, 2.45) is 5.92 Å². The molecule has 2 fully saturated rings. The molecule has 2 aliphatic rings. The molecule has 1 N–H and O–H groups in total. The number of rotatable bonds is 5. The summed E-state index contributed by atoms with van der Waals surface area (Å²) in [6.07, 6.45) is 16.2. The second-order valence-corrected chi connectivity index (χ2v) is 9.29. The number of nitrogens with one attached hydrogen (secondary N) is 1. The number of amides is 1. The molecule has 0 spiro atoms. The fraction of sp³-hybridized carbons (Fsp3) is 0.370. The lowest BCUT2D eigenvalue weighted by atomic mass is 9.75. The number of terminal acetylenes is 1. The number of carbonyl (C=O) groups is 1. The number of fused-ring (bicyclic) bond motifs is 1. The van der Waals surface area contributed by atoms with Gasteiger partial charge in [0.15, 0.2) is 0 Å². The molecule has 0 unspecified atom stereocenters. The van der Waals surface area contributed by atoms with E-state index in [-0.39, 0.29) is 17.3 Å². The quantitative estimate of drug-likeness (QED) is 0.557. The Labute approximate surface area is 187 Å². The van der Waals surface area contributed by atoms with Gasteiger partial charge in [-0.2, -0.15) is 0 Å². The molecule has 2 aliphatic carbocycles. The normalized spacial score (nSPS) is 21.6. The van der Waals surface area contributed by atoms with Crippen LogP contribution in [0.3, 0.4) is 0 Å². The lowest BCUT2D eigenvalue weighted by molar-refractivity contribution is 0.0920. The van der Waals surface area contributed by atoms with Crippen LogP contribution in [0, 0.1) is 24.1 Å². The fourth-order valence-corrected chi connectivity index (χ4v) is 5.18. The van der Waals surface area contributed by atoms with Gasteiger partial charge >= 0.3 is 0 Å². The Balaban J connectivity index is 1.20. The van der Waals surface area contributed by atoms with E-state index in [1.54, 1.807) is 30.5 Å². The van der Waals surface area contributed by atoms with E-state index < -0.39 is 0 Å². The van der Waals surface area contributed by atoms with Gasteiger partial charge in [0.25, 0.3) is 5.91 Å². The summed E-state index contributed by atoms with van der Waals surface area (Å²) in [5.41, 5.74) is 3.08. The van der Waals surface area contributed by atoms with Crippen molar-refractivity contribution in [1.29, 1.82) is 0 Å². The molecule has 4 nitrogen and oxygen atoms in total. The molecule has 0 atom stereocenters. The summed E-state index contributed by atoms with van der Waals surface area (Å²) in [7, 11) is 0. The van der Waals surface area contributed by atoms with Crippen LogP contribution in [0.15, 0.2) is 48.8 Å². The van der Waals surface area contributed by atoms with Crippen molar-refractivity contribution in [1.82, 2.24) is 15.3 Å². The molecule has 2 saturated carbocycles. The smallest absolute Gasteiger partial charge is 0.253 e. The predicted octanol–water partition coefficient (Wildman–Crippen LogP) is 5.38. The number of carbonyl (C=O) groups excluding carboxylic acids is 1. The first kappa shape index (κ1) is 20.6. The van der Waals surface area contributed by atoms with E-state index in [1.165, 1.54) is 11.6 Å². The Morgan fingerprint density at radius 2 is 1.94 bits per heavy atom. The van der Waals surface area contributed by atoms with E-state index in [0.717, 1.165) is 55.8 Å². The Morgan fingerprint density at radius 3 is 2.62 bits per heavy atom. The Kier molecular flexibility index (Phi) is 5.38. The number of hydrogen-bond donors (Lipinski definition) is 1. The lowest BCUT2D eigenvalue weighted by Gasteiger charge is -2.32. The van der Waals surface area contributed by atoms with Crippen LogP contribution in [0.4, 0.5) is 4.39 Å². The molecule has 1 aromatic carbocycles. The first-order valence-electron chi connectivity index (χ1n) is 11.3. The van der Waals surface area contributed by atoms with Gasteiger partial charge in [0.2, 0.25) is 0 Å². The number of pyridine rings is 2. The van der Waals surface area contributed by atoms with Crippen molar-refractivity contribution in [3.8, 4) is 12.3 Å². The molecule has 3 aromatic rings. The summed E-state index contributed by atoms with van der Waals surface area (Å²) < 4.78 is 13.8. The molecule has 0 saturated heterocycles. The van der Waals surface area contributed by atoms with Crippen molar-refractivity contribution >= 4 is 16.8 Å². The van der Waals surface area contributed by atoms with Gasteiger partial charge < -0.3 is 5.32 Å². The fourth-order valence-electron chi connectivity index (χ4n) is 5.18. The average Bonchev–Trinajstić information content (AvgIpc) is 3.58. The van der Waals surface area contributed by atoms with E-state index >= 15 is 0 Å². The van der Waals surface area contributed by atoms with E-state index in [4.69, 9.17) is 6.42 Å². The number of hydrogen-bond acceptors (Lipinski definition) is 3. The topological polar surface area (TPSA) is 54.9 Å². The minimum absolute atomic E-state index is 0.0717. The SMILES string of the molecule is C#Cc1ccc(C(=O)NC2(CC3CCC(c4ccnc5ccc(F)cc45)CC3)CC2)cn1. The van der Waals surface area contributed by atoms with Gasteiger partial charge in [0.1, 0.15) is 11.5 Å². The van der Waals surface area contributed by atoms with Crippen molar-refractivity contribution in [2.45, 2.75) is 56.4 Å². The third kappa shape index (κ3) is 4.23. The minimum atomic E-state index is -0.212. The van der Waals surface area contributed by atoms with Crippen molar-refractivity contribution in [2.75, 3.05) is 0 Å². The summed E-state index contributed by atoms with van der Waals surface area (Å²) in [4.78, 5) is 21.2. The first-order valence-corrected chi connectivity index (χ1v) is 11.3. The first-order chi connectivity index (χ1) is 15.5. The standard InChI is InChI=1S/C27H26FN3O/c1-2-22-9-7-20(17-30-22)26(32)31-27(12-13-27)16-18-3-5-19(6-4-18)23-11-14-29-25-10-8-21(28)15-24(23)25/h1,7-11,14-15,17-19H,3-6,12-13,16H2,(H,31,32). The van der Waals surface area contributed by atoms with Crippen LogP contribution in [-0.2, 0) is 0 Å². The maximum atomic E-state index is 13.8. The molecule has 0 bridgehead atoms. The van der Waals surface area contributed by atoms with E-state index in [1.807, 2.05) is 6.20 Å². The maximum absolute atomic E-state index is 13.8. The third-order valence-corrected chi connectivity index (χ3v) is 7.11. The maximum Gasteiger partial charge on any atom is 0.253 e. The molecule has 5 rings (SSSR count). The average molecular weight is 428 g/mol. The highest BCUT2D eigenvalue weighted by atomic mass is 19.1. The van der Waals surface area contributed by atoms with E-state index in [2.05, 4.69) is 27.3 Å². The van der Waals surface area contributed by atoms with Crippen molar-refractivity contribution in [3.63, 3.8) is 0 Å². The predicted molar refractivity (Wildman–Crippen MR) is 123 cm³/mol. The summed E-state index contributed by atoms with van der Waals surface area (Å²) in [6, 6.07) is 10.3. The van der Waals surface area contributed by atoms with Gasteiger partial charge in [-0.3, -0.25) is 9.78 Å². The molecule has 32 heavy (non-hydrogen) atoms. The van der Waals surface area contributed by atoms with Crippen LogP contribution >= 0.6 is 0 Å². The van der Waals surface area contributed by atoms with Crippen LogP contribution in [0.2, 0.25) is 0 Å². The number of nitrogens with zero attached hydrogens (tertiary/aromatic N) is 2. The summed E-state index contributed by atoms with van der Waals surface area (Å²) in [5, 5.41) is 4.20. The molecule has 2 heterocycles. The second-order valence-electron chi connectivity index (χ2n) is 9.29. The van der Waals surface area contributed by atoms with Crippen molar-refractivity contribution < 1.29 is 9.18 Å². The molecule has 0 aliphatic heterocycles. The molecule has 2 aromatic heterocycles. The van der Waals surface area contributed by atoms with Crippen LogP contribution in [0.5, 0.6) is 0 Å². The van der Waals surface area contributed by atoms with E-state index in [0.29, 0.717) is 23.1 Å². The summed E-state index contributed by atoms with van der Waals surface area (Å²) in [5.74, 6) is 3.22. The zero-order valence-corrected chi connectivity index (χ0v) is 18.0. The molecular formula is C27H26FN3O. The zero-order valence-electron chi connectivity index (χ0n) is 18.0. The molecule has 5 heteroatoms. The lowest BCUT2D eigenvalue weighted by Crippen LogP contribution is -2.38. The molecule has 162 valence electrons. The largest absolute Gasteiger partial charge is 0.347 e. The number of halogens is 1. The van der Waals surface area contributed by atoms with Gasteiger partial charge in [0, 0.05) is 23.3 Å². The Bertz CT molecular complexity index is 1190. The third-order valence-electron chi connectivity index (χ3n) is 7.11. The summed E-state index contributed by atoms with van der Waals surface area (Å²) in [6.45, 7) is 0. The van der Waals surface area contributed by atoms with Gasteiger partial charge in [-0.15, -0.1) is 6.42 Å². The highest BCUT2D eigenvalue weighted by molar-refractivity contribution is 5.94. The summed E-state index contributed by atoms with van der Waals surface area (Å²) >= 11 is 0. The van der Waals surface area contributed by atoms with Crippen molar-refractivity contribution in [3.05, 3.63) is 71.4 Å². The van der Waals surface area contributed by atoms with Crippen LogP contribution in [-0.4, -0.2) is 21.4 Å². The van der Waals surface area contributed by atoms with Gasteiger partial charge in [0.05, 0.1) is 11.1 Å². The second kappa shape index (κ2) is 8.35. The van der Waals surface area contributed by atoms with Crippen LogP contribution in [0.1, 0.15) is 72.5 Å². The zero-order chi connectivity index (χ0) is 22.1. The highest BCUT2D eigenvalue weighted by Crippen LogP contribution is 2.47. The highest BCUT2D eigenvalue weighted by Gasteiger charge is 2.46. The molecule has 1 amide bonds. The number of benzene rings is 1. The Hall–Kier alpha value is -3.26. The van der Waals surface area contributed by atoms with Crippen LogP contribution < -0.4 is 5.32 Å². The molecular weight excluding hydrogens is 401 g/mol. The van der Waals surface area contributed by atoms with Gasteiger partial charge in [-0.25, -0.2) is 9.37 Å². The minimum Gasteiger partial charge on any atom is -0.347 e. The Morgan fingerprint density at radius 1 is 1.12 bits per heavy atom. The number of aromatic nitrogens is 2. The van der Waals surface area contributed by atoms with Gasteiger partial charge in [-0.05, 0) is 98.7 Å². The monoisotopic (exact) mass is 427 g/mol. The van der Waals surface area contributed by atoms with Gasteiger partial charge in [-0.1, -0.05) is 5.92 Å². The van der Waals surface area contributed by atoms with E-state index in [9.17, 15) is 9.18 Å². The van der Waals surface area contributed by atoms with Crippen LogP contribution in [0.25, 0.3) is 10.9 Å².